The van der Waals surface area contributed by atoms with E-state index in [4.69, 9.17) is 0 Å². The van der Waals surface area contributed by atoms with Crippen LogP contribution in [-0.4, -0.2) is 0 Å². The number of anilines is 3. The summed E-state index contributed by atoms with van der Waals surface area (Å²) in [5, 5.41) is 0. The first-order chi connectivity index (χ1) is 13.6. The van der Waals surface area contributed by atoms with Crippen LogP contribution >= 0.6 is 15.9 Å². The van der Waals surface area contributed by atoms with Gasteiger partial charge < -0.3 is 4.90 Å². The van der Waals surface area contributed by atoms with E-state index in [0.717, 1.165) is 21.5 Å². The Bertz CT molecular complexity index is 1040. The van der Waals surface area contributed by atoms with E-state index < -0.39 is 0 Å². The van der Waals surface area contributed by atoms with Crippen molar-refractivity contribution in [1.82, 2.24) is 0 Å². The van der Waals surface area contributed by atoms with Gasteiger partial charge in [-0.15, -0.1) is 0 Å². The zero-order valence-electron chi connectivity index (χ0n) is 16.1. The summed E-state index contributed by atoms with van der Waals surface area (Å²) in [6, 6.07) is 34.5. The second-order valence-electron chi connectivity index (χ2n) is 7.07. The summed E-state index contributed by atoms with van der Waals surface area (Å²) in [6.45, 7) is 4.24. The molecule has 0 saturated carbocycles. The molecular weight excluding hydrogens is 406 g/mol. The molecule has 0 aliphatic carbocycles. The average molecular weight is 428 g/mol. The fourth-order valence-electron chi connectivity index (χ4n) is 3.33. The first-order valence-electron chi connectivity index (χ1n) is 9.40. The molecule has 0 fully saturated rings. The van der Waals surface area contributed by atoms with Gasteiger partial charge in [0.25, 0.3) is 0 Å². The second-order valence-corrected chi connectivity index (χ2v) is 7.98. The molecule has 0 unspecified atom stereocenters. The first-order valence-corrected chi connectivity index (χ1v) is 10.2. The van der Waals surface area contributed by atoms with Crippen LogP contribution in [0.25, 0.3) is 11.1 Å². The van der Waals surface area contributed by atoms with E-state index in [1.165, 1.54) is 22.3 Å². The summed E-state index contributed by atoms with van der Waals surface area (Å²) < 4.78 is 1.09. The van der Waals surface area contributed by atoms with Crippen molar-refractivity contribution >= 4 is 33.0 Å². The molecule has 0 spiro atoms. The van der Waals surface area contributed by atoms with Crippen molar-refractivity contribution < 1.29 is 0 Å². The van der Waals surface area contributed by atoms with Crippen molar-refractivity contribution in [3.8, 4) is 11.1 Å². The SMILES string of the molecule is Cc1ccc(N(c2ccc(C)cc2)c2cccc(-c3cccc(Br)c3)c2)cc1. The molecule has 4 aromatic carbocycles. The van der Waals surface area contributed by atoms with Gasteiger partial charge in [0.1, 0.15) is 0 Å². The van der Waals surface area contributed by atoms with Gasteiger partial charge in [0.15, 0.2) is 0 Å². The molecular formula is C26H22BrN. The van der Waals surface area contributed by atoms with Crippen LogP contribution in [0, 0.1) is 13.8 Å². The fourth-order valence-corrected chi connectivity index (χ4v) is 3.73. The quantitative estimate of drug-likeness (QED) is 0.317. The predicted octanol–water partition coefficient (Wildman–Crippen LogP) is 8.20. The third-order valence-electron chi connectivity index (χ3n) is 4.85. The topological polar surface area (TPSA) is 3.24 Å². The molecule has 0 N–H and O–H groups in total. The van der Waals surface area contributed by atoms with Gasteiger partial charge in [-0.1, -0.05) is 75.6 Å². The molecule has 0 amide bonds. The Morgan fingerprint density at radius 3 is 1.57 bits per heavy atom. The van der Waals surface area contributed by atoms with Crippen molar-refractivity contribution in [1.29, 1.82) is 0 Å². The van der Waals surface area contributed by atoms with E-state index in [1.807, 2.05) is 0 Å². The molecule has 1 nitrogen and oxygen atoms in total. The van der Waals surface area contributed by atoms with Crippen LogP contribution < -0.4 is 4.90 Å². The minimum absolute atomic E-state index is 1.09. The van der Waals surface area contributed by atoms with Gasteiger partial charge in [0.05, 0.1) is 0 Å². The van der Waals surface area contributed by atoms with Crippen LogP contribution in [0.3, 0.4) is 0 Å². The first kappa shape index (κ1) is 18.5. The fraction of sp³-hybridized carbons (Fsp3) is 0.0769. The minimum Gasteiger partial charge on any atom is -0.310 e. The summed E-state index contributed by atoms with van der Waals surface area (Å²) in [6.07, 6.45) is 0. The summed E-state index contributed by atoms with van der Waals surface area (Å²) in [5.41, 5.74) is 8.37. The second kappa shape index (κ2) is 8.04. The third kappa shape index (κ3) is 4.02. The van der Waals surface area contributed by atoms with E-state index in [0.29, 0.717) is 0 Å². The average Bonchev–Trinajstić information content (AvgIpc) is 2.71. The maximum atomic E-state index is 3.58. The Kier molecular flexibility index (Phi) is 5.31. The zero-order chi connectivity index (χ0) is 19.5. The van der Waals surface area contributed by atoms with Crippen molar-refractivity contribution in [3.63, 3.8) is 0 Å². The smallest absolute Gasteiger partial charge is 0.0467 e. The zero-order valence-corrected chi connectivity index (χ0v) is 17.6. The minimum atomic E-state index is 1.09. The highest BCUT2D eigenvalue weighted by atomic mass is 79.9. The summed E-state index contributed by atoms with van der Waals surface area (Å²) in [4.78, 5) is 2.31. The highest BCUT2D eigenvalue weighted by Gasteiger charge is 2.13. The Balaban J connectivity index is 1.83. The standard InChI is InChI=1S/C26H22BrN/c1-19-9-13-24(14-10-19)28(25-15-11-20(2)12-16-25)26-8-4-6-22(18-26)21-5-3-7-23(27)17-21/h3-18H,1-2H3. The van der Waals surface area contributed by atoms with Crippen LogP contribution in [-0.2, 0) is 0 Å². The molecule has 0 aliphatic heterocycles. The van der Waals surface area contributed by atoms with Crippen LogP contribution in [0.4, 0.5) is 17.1 Å². The van der Waals surface area contributed by atoms with Crippen molar-refractivity contribution in [3.05, 3.63) is 113 Å². The van der Waals surface area contributed by atoms with Crippen LogP contribution in [0.15, 0.2) is 102 Å². The van der Waals surface area contributed by atoms with Crippen LogP contribution in [0.5, 0.6) is 0 Å². The summed E-state index contributed by atoms with van der Waals surface area (Å²) >= 11 is 3.58. The number of nitrogens with zero attached hydrogens (tertiary/aromatic N) is 1. The highest BCUT2D eigenvalue weighted by molar-refractivity contribution is 9.10. The summed E-state index contributed by atoms with van der Waals surface area (Å²) in [7, 11) is 0. The molecule has 0 heterocycles. The Morgan fingerprint density at radius 2 is 1.04 bits per heavy atom. The Labute approximate surface area is 175 Å². The molecule has 4 rings (SSSR count). The Morgan fingerprint density at radius 1 is 0.536 bits per heavy atom. The molecule has 0 saturated heterocycles. The number of hydrogen-bond acceptors (Lipinski definition) is 1. The van der Waals surface area contributed by atoms with Gasteiger partial charge >= 0.3 is 0 Å². The molecule has 138 valence electrons. The van der Waals surface area contributed by atoms with Crippen LogP contribution in [0.1, 0.15) is 11.1 Å². The predicted molar refractivity (Wildman–Crippen MR) is 124 cm³/mol. The van der Waals surface area contributed by atoms with Gasteiger partial charge in [-0.3, -0.25) is 0 Å². The maximum absolute atomic E-state index is 3.58. The molecule has 2 heteroatoms. The normalized spacial score (nSPS) is 10.7. The number of hydrogen-bond donors (Lipinski definition) is 0. The van der Waals surface area contributed by atoms with E-state index in [1.54, 1.807) is 0 Å². The molecule has 0 aromatic heterocycles. The molecule has 28 heavy (non-hydrogen) atoms. The van der Waals surface area contributed by atoms with Gasteiger partial charge in [-0.05, 0) is 73.5 Å². The highest BCUT2D eigenvalue weighted by Crippen LogP contribution is 2.36. The monoisotopic (exact) mass is 427 g/mol. The molecule has 0 atom stereocenters. The van der Waals surface area contributed by atoms with E-state index in [2.05, 4.69) is 132 Å². The van der Waals surface area contributed by atoms with Crippen molar-refractivity contribution in [2.24, 2.45) is 0 Å². The van der Waals surface area contributed by atoms with E-state index in [9.17, 15) is 0 Å². The van der Waals surface area contributed by atoms with Gasteiger partial charge in [-0.2, -0.15) is 0 Å². The molecule has 4 aromatic rings. The lowest BCUT2D eigenvalue weighted by molar-refractivity contribution is 1.27. The third-order valence-corrected chi connectivity index (χ3v) is 5.34. The molecule has 0 bridgehead atoms. The van der Waals surface area contributed by atoms with Crippen molar-refractivity contribution in [2.45, 2.75) is 13.8 Å². The lowest BCUT2D eigenvalue weighted by Gasteiger charge is -2.26. The lowest BCUT2D eigenvalue weighted by atomic mass is 10.0. The maximum Gasteiger partial charge on any atom is 0.0467 e. The van der Waals surface area contributed by atoms with Crippen LogP contribution in [0.2, 0.25) is 0 Å². The van der Waals surface area contributed by atoms with E-state index >= 15 is 0 Å². The lowest BCUT2D eigenvalue weighted by Crippen LogP contribution is -2.10. The Hall–Kier alpha value is -2.84. The number of aryl methyl sites for hydroxylation is 2. The number of rotatable bonds is 4. The molecule has 0 aliphatic rings. The van der Waals surface area contributed by atoms with Gasteiger partial charge in [-0.25, -0.2) is 0 Å². The van der Waals surface area contributed by atoms with Crippen molar-refractivity contribution in [2.75, 3.05) is 4.90 Å². The van der Waals surface area contributed by atoms with E-state index in [-0.39, 0.29) is 0 Å². The number of halogens is 1. The van der Waals surface area contributed by atoms with Gasteiger partial charge in [0, 0.05) is 21.5 Å². The molecule has 0 radical (unpaired) electrons. The number of benzene rings is 4. The van der Waals surface area contributed by atoms with Gasteiger partial charge in [0.2, 0.25) is 0 Å². The summed E-state index contributed by atoms with van der Waals surface area (Å²) in [5.74, 6) is 0. The largest absolute Gasteiger partial charge is 0.310 e.